The topological polar surface area (TPSA) is 63.6 Å². The van der Waals surface area contributed by atoms with Gasteiger partial charge in [0.1, 0.15) is 0 Å². The highest BCUT2D eigenvalue weighted by Crippen LogP contribution is 2.43. The molecule has 0 aliphatic heterocycles. The average molecular weight is 377 g/mol. The third-order valence-electron chi connectivity index (χ3n) is 4.45. The van der Waals surface area contributed by atoms with Gasteiger partial charge in [-0.25, -0.2) is 9.97 Å². The van der Waals surface area contributed by atoms with Crippen LogP contribution < -0.4 is 5.32 Å². The predicted octanol–water partition coefficient (Wildman–Crippen LogP) is 4.51. The summed E-state index contributed by atoms with van der Waals surface area (Å²) >= 11 is 0.477. The van der Waals surface area contributed by atoms with Crippen molar-refractivity contribution in [2.24, 2.45) is 0 Å². The van der Waals surface area contributed by atoms with Crippen molar-refractivity contribution in [3.05, 3.63) is 53.3 Å². The van der Waals surface area contributed by atoms with Crippen LogP contribution in [0.1, 0.15) is 29.8 Å². The first-order chi connectivity index (χ1) is 12.5. The summed E-state index contributed by atoms with van der Waals surface area (Å²) in [6.45, 7) is 0. The molecular formula is C17H14F3N5S. The van der Waals surface area contributed by atoms with Crippen LogP contribution in [0.3, 0.4) is 0 Å². The van der Waals surface area contributed by atoms with Gasteiger partial charge in [0.05, 0.1) is 5.54 Å². The minimum Gasteiger partial charge on any atom is -0.345 e. The standard InChI is InChI=1S/C17H14F3N5S/c18-17(19,20)14-25-24-13(26-14)11-9-21-15(22-10-11)23-16(7-4-8-16)12-5-2-1-3-6-12/h1-3,5-6,9-10H,4,7-8H2,(H,21,22,23). The van der Waals surface area contributed by atoms with Crippen LogP contribution in [0.25, 0.3) is 10.6 Å². The molecule has 1 aromatic carbocycles. The van der Waals surface area contributed by atoms with E-state index in [4.69, 9.17) is 0 Å². The van der Waals surface area contributed by atoms with E-state index in [1.165, 1.54) is 18.0 Å². The maximum atomic E-state index is 12.6. The Balaban J connectivity index is 1.54. The van der Waals surface area contributed by atoms with Crippen molar-refractivity contribution >= 4 is 17.3 Å². The van der Waals surface area contributed by atoms with Crippen LogP contribution in [0.15, 0.2) is 42.7 Å². The summed E-state index contributed by atoms with van der Waals surface area (Å²) in [6, 6.07) is 10.1. The molecule has 26 heavy (non-hydrogen) atoms. The minimum atomic E-state index is -4.50. The van der Waals surface area contributed by atoms with Crippen LogP contribution in [-0.4, -0.2) is 20.2 Å². The highest BCUT2D eigenvalue weighted by molar-refractivity contribution is 7.14. The van der Waals surface area contributed by atoms with E-state index in [0.717, 1.165) is 19.3 Å². The molecule has 0 bridgehead atoms. The van der Waals surface area contributed by atoms with Gasteiger partial charge in [-0.2, -0.15) is 13.2 Å². The first kappa shape index (κ1) is 16.9. The van der Waals surface area contributed by atoms with Gasteiger partial charge < -0.3 is 5.32 Å². The number of aromatic nitrogens is 4. The molecule has 5 nitrogen and oxygen atoms in total. The molecule has 1 saturated carbocycles. The molecule has 1 fully saturated rings. The molecule has 0 radical (unpaired) electrons. The maximum absolute atomic E-state index is 12.6. The van der Waals surface area contributed by atoms with E-state index < -0.39 is 11.2 Å². The number of halogens is 3. The molecule has 4 rings (SSSR count). The van der Waals surface area contributed by atoms with E-state index in [1.54, 1.807) is 0 Å². The van der Waals surface area contributed by atoms with E-state index in [-0.39, 0.29) is 10.5 Å². The number of anilines is 1. The predicted molar refractivity (Wildman–Crippen MR) is 91.5 cm³/mol. The Labute approximate surface area is 151 Å². The van der Waals surface area contributed by atoms with Gasteiger partial charge in [-0.3, -0.25) is 0 Å². The van der Waals surface area contributed by atoms with Gasteiger partial charge in [0.15, 0.2) is 5.01 Å². The van der Waals surface area contributed by atoms with Crippen LogP contribution in [0.5, 0.6) is 0 Å². The van der Waals surface area contributed by atoms with Gasteiger partial charge in [0.25, 0.3) is 0 Å². The summed E-state index contributed by atoms with van der Waals surface area (Å²) < 4.78 is 37.9. The summed E-state index contributed by atoms with van der Waals surface area (Å²) in [5.74, 6) is 0.442. The molecule has 2 aromatic heterocycles. The van der Waals surface area contributed by atoms with Gasteiger partial charge in [0.2, 0.25) is 11.0 Å². The number of benzene rings is 1. The number of rotatable bonds is 4. The number of alkyl halides is 3. The number of nitrogens with one attached hydrogen (secondary N) is 1. The van der Waals surface area contributed by atoms with Crippen molar-refractivity contribution in [1.82, 2.24) is 20.2 Å². The molecule has 0 amide bonds. The van der Waals surface area contributed by atoms with Gasteiger partial charge in [0, 0.05) is 18.0 Å². The monoisotopic (exact) mass is 377 g/mol. The normalized spacial score (nSPS) is 16.1. The number of nitrogens with zero attached hydrogens (tertiary/aromatic N) is 4. The molecule has 134 valence electrons. The fourth-order valence-corrected chi connectivity index (χ4v) is 3.63. The van der Waals surface area contributed by atoms with E-state index in [9.17, 15) is 13.2 Å². The quantitative estimate of drug-likeness (QED) is 0.725. The Hall–Kier alpha value is -2.55. The van der Waals surface area contributed by atoms with E-state index in [0.29, 0.717) is 22.8 Å². The fraction of sp³-hybridized carbons (Fsp3) is 0.294. The Kier molecular flexibility index (Phi) is 4.10. The molecular weight excluding hydrogens is 363 g/mol. The maximum Gasteiger partial charge on any atom is 0.445 e. The lowest BCUT2D eigenvalue weighted by Gasteiger charge is -2.43. The molecule has 0 saturated heterocycles. The highest BCUT2D eigenvalue weighted by atomic mass is 32.1. The van der Waals surface area contributed by atoms with Crippen molar-refractivity contribution in [1.29, 1.82) is 0 Å². The molecule has 1 aliphatic rings. The summed E-state index contributed by atoms with van der Waals surface area (Å²) in [5.41, 5.74) is 1.40. The first-order valence-electron chi connectivity index (χ1n) is 8.03. The van der Waals surface area contributed by atoms with Gasteiger partial charge in [-0.1, -0.05) is 41.7 Å². The smallest absolute Gasteiger partial charge is 0.345 e. The highest BCUT2D eigenvalue weighted by Gasteiger charge is 2.39. The fourth-order valence-electron chi connectivity index (χ4n) is 2.94. The van der Waals surface area contributed by atoms with Crippen LogP contribution in [0.2, 0.25) is 0 Å². The largest absolute Gasteiger partial charge is 0.445 e. The lowest BCUT2D eigenvalue weighted by atomic mass is 9.72. The third-order valence-corrected chi connectivity index (χ3v) is 5.47. The third kappa shape index (κ3) is 3.14. The zero-order chi connectivity index (χ0) is 18.2. The molecule has 3 aromatic rings. The zero-order valence-electron chi connectivity index (χ0n) is 13.5. The molecule has 0 atom stereocenters. The van der Waals surface area contributed by atoms with Gasteiger partial charge in [-0.15, -0.1) is 10.2 Å². The summed E-state index contributed by atoms with van der Waals surface area (Å²) in [5, 5.41) is 9.31. The SMILES string of the molecule is FC(F)(F)c1nnc(-c2cnc(NC3(c4ccccc4)CCC3)nc2)s1. The summed E-state index contributed by atoms with van der Waals surface area (Å²) in [6.07, 6.45) is 1.51. The van der Waals surface area contributed by atoms with Crippen molar-refractivity contribution in [2.45, 2.75) is 31.0 Å². The van der Waals surface area contributed by atoms with E-state index in [1.807, 2.05) is 18.2 Å². The first-order valence-corrected chi connectivity index (χ1v) is 8.85. The summed E-state index contributed by atoms with van der Waals surface area (Å²) in [7, 11) is 0. The number of hydrogen-bond donors (Lipinski definition) is 1. The molecule has 1 N–H and O–H groups in total. The Morgan fingerprint density at radius 2 is 1.69 bits per heavy atom. The van der Waals surface area contributed by atoms with Crippen LogP contribution in [-0.2, 0) is 11.7 Å². The Morgan fingerprint density at radius 1 is 1.00 bits per heavy atom. The molecule has 2 heterocycles. The lowest BCUT2D eigenvalue weighted by molar-refractivity contribution is -0.138. The van der Waals surface area contributed by atoms with Gasteiger partial charge >= 0.3 is 6.18 Å². The number of hydrogen-bond acceptors (Lipinski definition) is 6. The van der Waals surface area contributed by atoms with E-state index >= 15 is 0 Å². The van der Waals surface area contributed by atoms with Crippen molar-refractivity contribution in [2.75, 3.05) is 5.32 Å². The van der Waals surface area contributed by atoms with Gasteiger partial charge in [-0.05, 0) is 24.8 Å². The van der Waals surface area contributed by atoms with Crippen LogP contribution in [0, 0.1) is 0 Å². The Morgan fingerprint density at radius 3 is 2.23 bits per heavy atom. The van der Waals surface area contributed by atoms with Crippen LogP contribution >= 0.6 is 11.3 Å². The molecule has 9 heteroatoms. The summed E-state index contributed by atoms with van der Waals surface area (Å²) in [4.78, 5) is 8.51. The second-order valence-electron chi connectivity index (χ2n) is 6.13. The lowest BCUT2D eigenvalue weighted by Crippen LogP contribution is -2.42. The van der Waals surface area contributed by atoms with Crippen molar-refractivity contribution in [3.8, 4) is 10.6 Å². The Bertz CT molecular complexity index is 889. The molecule has 0 unspecified atom stereocenters. The average Bonchev–Trinajstić information content (AvgIpc) is 3.10. The molecule has 1 aliphatic carbocycles. The second kappa shape index (κ2) is 6.31. The minimum absolute atomic E-state index is 0.144. The van der Waals surface area contributed by atoms with Crippen molar-refractivity contribution < 1.29 is 13.2 Å². The molecule has 0 spiro atoms. The van der Waals surface area contributed by atoms with Crippen LogP contribution in [0.4, 0.5) is 19.1 Å². The zero-order valence-corrected chi connectivity index (χ0v) is 14.3. The van der Waals surface area contributed by atoms with Crippen molar-refractivity contribution in [3.63, 3.8) is 0 Å². The van der Waals surface area contributed by atoms with E-state index in [2.05, 4.69) is 37.6 Å². The second-order valence-corrected chi connectivity index (χ2v) is 7.11.